The zero-order valence-corrected chi connectivity index (χ0v) is 13.0. The minimum atomic E-state index is -0.0103. The van der Waals surface area contributed by atoms with Crippen LogP contribution in [0, 0.1) is 6.92 Å². The molecule has 110 valence electrons. The van der Waals surface area contributed by atoms with Crippen LogP contribution in [0.4, 0.5) is 10.8 Å². The lowest BCUT2D eigenvalue weighted by Crippen LogP contribution is -2.41. The number of anilines is 2. The lowest BCUT2D eigenvalue weighted by molar-refractivity contribution is -0.117. The highest BCUT2D eigenvalue weighted by Gasteiger charge is 2.26. The number of nitrogens with zero attached hydrogens (tertiary/aromatic N) is 2. The van der Waals surface area contributed by atoms with Crippen LogP contribution < -0.4 is 15.4 Å². The number of fused-ring (bicyclic) bond motifs is 1. The van der Waals surface area contributed by atoms with Gasteiger partial charge >= 0.3 is 0 Å². The van der Waals surface area contributed by atoms with E-state index in [1.807, 2.05) is 32.0 Å². The van der Waals surface area contributed by atoms with E-state index in [2.05, 4.69) is 4.98 Å². The number of aryl methyl sites for hydroxylation is 1. The van der Waals surface area contributed by atoms with Gasteiger partial charge in [-0.05, 0) is 32.0 Å². The molecule has 0 spiro atoms. The number of nitrogens with two attached hydrogens (primary N) is 1. The van der Waals surface area contributed by atoms with Gasteiger partial charge in [-0.3, -0.25) is 4.79 Å². The zero-order chi connectivity index (χ0) is 15.1. The number of hydrogen-bond donors (Lipinski definition) is 1. The number of nitrogen functional groups attached to an aromatic ring is 1. The third kappa shape index (κ3) is 2.47. The number of aromatic nitrogens is 1. The van der Waals surface area contributed by atoms with Crippen molar-refractivity contribution >= 4 is 28.1 Å². The highest BCUT2D eigenvalue weighted by molar-refractivity contribution is 7.15. The SMILES string of the molecule is CC(=O)N1CC(C)Oc2ccc(-c3nc(N)sc3C)cc21. The Bertz CT molecular complexity index is 711. The molecule has 1 aromatic heterocycles. The molecule has 1 aliphatic heterocycles. The van der Waals surface area contributed by atoms with Gasteiger partial charge in [0.2, 0.25) is 5.91 Å². The molecule has 3 rings (SSSR count). The van der Waals surface area contributed by atoms with Crippen molar-refractivity contribution in [1.29, 1.82) is 0 Å². The average Bonchev–Trinajstić information content (AvgIpc) is 2.76. The molecule has 0 saturated carbocycles. The van der Waals surface area contributed by atoms with Crippen LogP contribution in [0.2, 0.25) is 0 Å². The van der Waals surface area contributed by atoms with Gasteiger partial charge in [-0.15, -0.1) is 11.3 Å². The molecular weight excluding hydrogens is 286 g/mol. The summed E-state index contributed by atoms with van der Waals surface area (Å²) >= 11 is 1.46. The van der Waals surface area contributed by atoms with Crippen molar-refractivity contribution in [2.45, 2.75) is 26.9 Å². The Morgan fingerprint density at radius 2 is 2.29 bits per heavy atom. The number of thiazole rings is 1. The van der Waals surface area contributed by atoms with Crippen molar-refractivity contribution in [3.05, 3.63) is 23.1 Å². The molecule has 21 heavy (non-hydrogen) atoms. The molecule has 1 atom stereocenters. The molecule has 1 amide bonds. The fourth-order valence-electron chi connectivity index (χ4n) is 2.57. The largest absolute Gasteiger partial charge is 0.487 e. The minimum absolute atomic E-state index is 0.0103. The number of benzene rings is 1. The van der Waals surface area contributed by atoms with Crippen molar-refractivity contribution in [1.82, 2.24) is 4.98 Å². The van der Waals surface area contributed by atoms with Gasteiger partial charge in [0.1, 0.15) is 11.9 Å². The quantitative estimate of drug-likeness (QED) is 0.879. The van der Waals surface area contributed by atoms with Gasteiger partial charge < -0.3 is 15.4 Å². The third-order valence-corrected chi connectivity index (χ3v) is 4.28. The lowest BCUT2D eigenvalue weighted by atomic mass is 10.1. The molecule has 1 unspecified atom stereocenters. The van der Waals surface area contributed by atoms with E-state index in [1.54, 1.807) is 11.8 Å². The van der Waals surface area contributed by atoms with Crippen LogP contribution in [0.5, 0.6) is 5.75 Å². The number of carbonyl (C=O) groups is 1. The number of ether oxygens (including phenoxy) is 1. The average molecular weight is 303 g/mol. The van der Waals surface area contributed by atoms with Crippen LogP contribution in [-0.4, -0.2) is 23.5 Å². The van der Waals surface area contributed by atoms with Crippen molar-refractivity contribution in [3.63, 3.8) is 0 Å². The summed E-state index contributed by atoms with van der Waals surface area (Å²) in [4.78, 5) is 19.0. The molecule has 6 heteroatoms. The second kappa shape index (κ2) is 5.04. The van der Waals surface area contributed by atoms with E-state index in [0.717, 1.165) is 27.6 Å². The number of hydrogen-bond acceptors (Lipinski definition) is 5. The van der Waals surface area contributed by atoms with Crippen LogP contribution in [0.1, 0.15) is 18.7 Å². The Kier molecular flexibility index (Phi) is 3.33. The molecule has 0 bridgehead atoms. The topological polar surface area (TPSA) is 68.5 Å². The van der Waals surface area contributed by atoms with Gasteiger partial charge in [0.05, 0.1) is 17.9 Å². The van der Waals surface area contributed by atoms with Crippen LogP contribution in [0.25, 0.3) is 11.3 Å². The maximum Gasteiger partial charge on any atom is 0.224 e. The predicted molar refractivity (Wildman–Crippen MR) is 84.8 cm³/mol. The van der Waals surface area contributed by atoms with E-state index >= 15 is 0 Å². The Hall–Kier alpha value is -2.08. The number of rotatable bonds is 1. The molecule has 0 radical (unpaired) electrons. The summed E-state index contributed by atoms with van der Waals surface area (Å²) in [5, 5.41) is 0.550. The van der Waals surface area contributed by atoms with E-state index in [4.69, 9.17) is 10.5 Å². The summed E-state index contributed by atoms with van der Waals surface area (Å²) in [5.74, 6) is 0.742. The summed E-state index contributed by atoms with van der Waals surface area (Å²) in [6.07, 6.45) is -0.0103. The third-order valence-electron chi connectivity index (χ3n) is 3.48. The molecule has 2 aromatic rings. The smallest absolute Gasteiger partial charge is 0.224 e. The van der Waals surface area contributed by atoms with Crippen LogP contribution in [0.3, 0.4) is 0 Å². The summed E-state index contributed by atoms with van der Waals surface area (Å²) < 4.78 is 5.80. The van der Waals surface area contributed by atoms with E-state index in [1.165, 1.54) is 11.3 Å². The van der Waals surface area contributed by atoms with Crippen molar-refractivity contribution < 1.29 is 9.53 Å². The number of amides is 1. The molecule has 2 heterocycles. The maximum atomic E-state index is 11.9. The monoisotopic (exact) mass is 303 g/mol. The Morgan fingerprint density at radius 1 is 1.52 bits per heavy atom. The van der Waals surface area contributed by atoms with Gasteiger partial charge in [-0.1, -0.05) is 0 Å². The standard InChI is InChI=1S/C15H17N3O2S/c1-8-7-18(10(3)19)12-6-11(4-5-13(12)20-8)14-9(2)21-15(16)17-14/h4-6,8H,7H2,1-3H3,(H2,16,17). The first-order chi connectivity index (χ1) is 9.95. The summed E-state index contributed by atoms with van der Waals surface area (Å²) in [6, 6.07) is 5.80. The van der Waals surface area contributed by atoms with E-state index in [0.29, 0.717) is 11.7 Å². The van der Waals surface area contributed by atoms with E-state index in [9.17, 15) is 4.79 Å². The van der Waals surface area contributed by atoms with Crippen LogP contribution >= 0.6 is 11.3 Å². The Morgan fingerprint density at radius 3 is 2.90 bits per heavy atom. The van der Waals surface area contributed by atoms with E-state index in [-0.39, 0.29) is 12.0 Å². The van der Waals surface area contributed by atoms with Gasteiger partial charge in [0.15, 0.2) is 5.13 Å². The van der Waals surface area contributed by atoms with Gasteiger partial charge in [-0.2, -0.15) is 0 Å². The highest BCUT2D eigenvalue weighted by atomic mass is 32.1. The highest BCUT2D eigenvalue weighted by Crippen LogP contribution is 2.38. The molecule has 0 saturated heterocycles. The normalized spacial score (nSPS) is 17.3. The van der Waals surface area contributed by atoms with Crippen molar-refractivity contribution in [2.75, 3.05) is 17.2 Å². The summed E-state index contributed by atoms with van der Waals surface area (Å²) in [7, 11) is 0. The fourth-order valence-corrected chi connectivity index (χ4v) is 3.28. The summed E-state index contributed by atoms with van der Waals surface area (Å²) in [6.45, 7) is 6.08. The molecular formula is C15H17N3O2S. The molecule has 1 aromatic carbocycles. The van der Waals surface area contributed by atoms with Gasteiger partial charge in [0.25, 0.3) is 0 Å². The van der Waals surface area contributed by atoms with Crippen molar-refractivity contribution in [3.8, 4) is 17.0 Å². The maximum absolute atomic E-state index is 11.9. The Balaban J connectivity index is 2.10. The zero-order valence-electron chi connectivity index (χ0n) is 12.2. The van der Waals surface area contributed by atoms with Gasteiger partial charge in [-0.25, -0.2) is 4.98 Å². The van der Waals surface area contributed by atoms with Gasteiger partial charge in [0, 0.05) is 17.4 Å². The Labute approximate surface area is 127 Å². The molecule has 0 aliphatic carbocycles. The van der Waals surface area contributed by atoms with E-state index < -0.39 is 0 Å². The second-order valence-corrected chi connectivity index (χ2v) is 6.43. The summed E-state index contributed by atoms with van der Waals surface area (Å²) in [5.41, 5.74) is 8.37. The molecule has 2 N–H and O–H groups in total. The molecule has 5 nitrogen and oxygen atoms in total. The van der Waals surface area contributed by atoms with Crippen molar-refractivity contribution in [2.24, 2.45) is 0 Å². The first-order valence-corrected chi connectivity index (χ1v) is 7.59. The minimum Gasteiger partial charge on any atom is -0.487 e. The first kappa shape index (κ1) is 13.9. The number of carbonyl (C=O) groups excluding carboxylic acids is 1. The molecule has 0 fully saturated rings. The van der Waals surface area contributed by atoms with Crippen LogP contribution in [-0.2, 0) is 4.79 Å². The second-order valence-electron chi connectivity index (χ2n) is 5.20. The predicted octanol–water partition coefficient (Wildman–Crippen LogP) is 2.83. The van der Waals surface area contributed by atoms with Crippen LogP contribution in [0.15, 0.2) is 18.2 Å². The lowest BCUT2D eigenvalue weighted by Gasteiger charge is -2.33. The molecule has 1 aliphatic rings. The first-order valence-electron chi connectivity index (χ1n) is 6.78. The fraction of sp³-hybridized carbons (Fsp3) is 0.333.